The van der Waals surface area contributed by atoms with Crippen LogP contribution in [-0.4, -0.2) is 16.6 Å². The highest BCUT2D eigenvalue weighted by molar-refractivity contribution is 6.31. The summed E-state index contributed by atoms with van der Waals surface area (Å²) >= 11 is 6.11. The molecule has 1 aromatic carbocycles. The largest absolute Gasteiger partial charge is 0.480 e. The second-order valence-corrected chi connectivity index (χ2v) is 5.10. The molecule has 0 aliphatic heterocycles. The monoisotopic (exact) mass is 253 g/mol. The fraction of sp³-hybridized carbons (Fsp3) is 0.462. The molecule has 0 bridgehead atoms. The first-order chi connectivity index (χ1) is 8.03. The molecule has 4 heteroatoms. The summed E-state index contributed by atoms with van der Waals surface area (Å²) in [6.07, 6.45) is 2.37. The first kappa shape index (κ1) is 12.4. The van der Waals surface area contributed by atoms with Crippen LogP contribution in [0.4, 0.5) is 0 Å². The van der Waals surface area contributed by atoms with E-state index in [2.05, 4.69) is 5.32 Å². The third kappa shape index (κ3) is 2.45. The molecule has 1 aliphatic carbocycles. The molecule has 1 aliphatic rings. The van der Waals surface area contributed by atoms with Crippen LogP contribution >= 0.6 is 11.6 Å². The Labute approximate surface area is 106 Å². The SMILES string of the molecule is Cc1ccc(CNC2(C(=O)O)CCC2)c(Cl)c1. The molecule has 1 aromatic rings. The summed E-state index contributed by atoms with van der Waals surface area (Å²) in [6, 6.07) is 5.82. The van der Waals surface area contributed by atoms with Crippen LogP contribution in [0, 0.1) is 6.92 Å². The predicted molar refractivity (Wildman–Crippen MR) is 67.2 cm³/mol. The van der Waals surface area contributed by atoms with Gasteiger partial charge in [0, 0.05) is 11.6 Å². The van der Waals surface area contributed by atoms with E-state index in [9.17, 15) is 9.90 Å². The number of halogens is 1. The van der Waals surface area contributed by atoms with Crippen molar-refractivity contribution in [3.05, 3.63) is 34.3 Å². The van der Waals surface area contributed by atoms with Gasteiger partial charge in [-0.15, -0.1) is 0 Å². The molecule has 1 fully saturated rings. The Kier molecular flexibility index (Phi) is 3.40. The molecule has 0 spiro atoms. The van der Waals surface area contributed by atoms with Crippen molar-refractivity contribution in [2.45, 2.75) is 38.3 Å². The number of aliphatic carboxylic acids is 1. The number of hydrogen-bond acceptors (Lipinski definition) is 2. The Bertz CT molecular complexity index is 441. The fourth-order valence-corrected chi connectivity index (χ4v) is 2.36. The third-order valence-corrected chi connectivity index (χ3v) is 3.79. The topological polar surface area (TPSA) is 49.3 Å². The van der Waals surface area contributed by atoms with E-state index < -0.39 is 11.5 Å². The lowest BCUT2D eigenvalue weighted by molar-refractivity contribution is -0.148. The van der Waals surface area contributed by atoms with Gasteiger partial charge in [-0.1, -0.05) is 23.7 Å². The van der Waals surface area contributed by atoms with Crippen molar-refractivity contribution in [2.75, 3.05) is 0 Å². The van der Waals surface area contributed by atoms with Crippen LogP contribution in [0.15, 0.2) is 18.2 Å². The predicted octanol–water partition coefficient (Wildman–Crippen LogP) is 2.75. The second kappa shape index (κ2) is 4.67. The zero-order valence-corrected chi connectivity index (χ0v) is 10.5. The zero-order chi connectivity index (χ0) is 12.5. The lowest BCUT2D eigenvalue weighted by Gasteiger charge is -2.38. The van der Waals surface area contributed by atoms with Gasteiger partial charge in [-0.25, -0.2) is 0 Å². The van der Waals surface area contributed by atoms with Crippen molar-refractivity contribution >= 4 is 17.6 Å². The van der Waals surface area contributed by atoms with Crippen molar-refractivity contribution in [1.29, 1.82) is 0 Å². The van der Waals surface area contributed by atoms with Crippen LogP contribution < -0.4 is 5.32 Å². The first-order valence-corrected chi connectivity index (χ1v) is 6.15. The minimum atomic E-state index is -0.757. The smallest absolute Gasteiger partial charge is 0.323 e. The zero-order valence-electron chi connectivity index (χ0n) is 9.79. The molecule has 0 heterocycles. The van der Waals surface area contributed by atoms with Gasteiger partial charge in [0.15, 0.2) is 0 Å². The van der Waals surface area contributed by atoms with E-state index in [4.69, 9.17) is 11.6 Å². The molecule has 17 heavy (non-hydrogen) atoms. The van der Waals surface area contributed by atoms with Gasteiger partial charge in [0.1, 0.15) is 5.54 Å². The minimum Gasteiger partial charge on any atom is -0.480 e. The molecule has 0 unspecified atom stereocenters. The standard InChI is InChI=1S/C13H16ClNO2/c1-9-3-4-10(11(14)7-9)8-15-13(12(16)17)5-2-6-13/h3-4,7,15H,2,5-6,8H2,1H3,(H,16,17). The van der Waals surface area contributed by atoms with Crippen molar-refractivity contribution in [1.82, 2.24) is 5.32 Å². The molecular weight excluding hydrogens is 238 g/mol. The van der Waals surface area contributed by atoms with Crippen molar-refractivity contribution in [3.8, 4) is 0 Å². The van der Waals surface area contributed by atoms with Gasteiger partial charge in [0.05, 0.1) is 0 Å². The lowest BCUT2D eigenvalue weighted by Crippen LogP contribution is -2.56. The average molecular weight is 254 g/mol. The van der Waals surface area contributed by atoms with Crippen LogP contribution in [0.3, 0.4) is 0 Å². The van der Waals surface area contributed by atoms with Gasteiger partial charge in [-0.3, -0.25) is 10.1 Å². The summed E-state index contributed by atoms with van der Waals surface area (Å²) < 4.78 is 0. The number of carbonyl (C=O) groups is 1. The molecule has 2 rings (SSSR count). The maximum absolute atomic E-state index is 11.2. The quantitative estimate of drug-likeness (QED) is 0.868. The fourth-order valence-electron chi connectivity index (χ4n) is 2.06. The number of nitrogens with one attached hydrogen (secondary N) is 1. The van der Waals surface area contributed by atoms with Gasteiger partial charge in [0.2, 0.25) is 0 Å². The Morgan fingerprint density at radius 3 is 2.71 bits per heavy atom. The Balaban J connectivity index is 2.04. The maximum Gasteiger partial charge on any atom is 0.323 e. The highest BCUT2D eigenvalue weighted by Gasteiger charge is 2.43. The van der Waals surface area contributed by atoms with E-state index in [0.717, 1.165) is 17.5 Å². The molecule has 0 atom stereocenters. The number of carboxylic acids is 1. The third-order valence-electron chi connectivity index (χ3n) is 3.44. The van der Waals surface area contributed by atoms with Gasteiger partial charge in [-0.05, 0) is 43.4 Å². The van der Waals surface area contributed by atoms with Crippen LogP contribution in [0.1, 0.15) is 30.4 Å². The van der Waals surface area contributed by atoms with Gasteiger partial charge in [0.25, 0.3) is 0 Å². The summed E-state index contributed by atoms with van der Waals surface area (Å²) in [7, 11) is 0. The molecule has 92 valence electrons. The van der Waals surface area contributed by atoms with Gasteiger partial charge in [-0.2, -0.15) is 0 Å². The van der Waals surface area contributed by atoms with E-state index in [1.54, 1.807) is 0 Å². The van der Waals surface area contributed by atoms with E-state index in [-0.39, 0.29) is 0 Å². The first-order valence-electron chi connectivity index (χ1n) is 5.77. The normalized spacial score (nSPS) is 17.5. The molecule has 1 saturated carbocycles. The lowest BCUT2D eigenvalue weighted by atomic mass is 9.76. The molecule has 3 nitrogen and oxygen atoms in total. The molecule has 0 saturated heterocycles. The molecular formula is C13H16ClNO2. The Morgan fingerprint density at radius 2 is 2.24 bits per heavy atom. The van der Waals surface area contributed by atoms with Crippen LogP contribution in [0.5, 0.6) is 0 Å². The maximum atomic E-state index is 11.2. The minimum absolute atomic E-state index is 0.505. The van der Waals surface area contributed by atoms with Crippen LogP contribution in [0.25, 0.3) is 0 Å². The van der Waals surface area contributed by atoms with E-state index in [1.165, 1.54) is 0 Å². The number of benzene rings is 1. The Morgan fingerprint density at radius 1 is 1.53 bits per heavy atom. The average Bonchev–Trinajstić information content (AvgIpc) is 2.18. The van der Waals surface area contributed by atoms with Crippen LogP contribution in [-0.2, 0) is 11.3 Å². The van der Waals surface area contributed by atoms with Gasteiger partial charge < -0.3 is 5.11 Å². The molecule has 2 N–H and O–H groups in total. The van der Waals surface area contributed by atoms with E-state index >= 15 is 0 Å². The molecule has 0 aromatic heterocycles. The number of rotatable bonds is 4. The van der Waals surface area contributed by atoms with E-state index in [0.29, 0.717) is 24.4 Å². The van der Waals surface area contributed by atoms with Gasteiger partial charge >= 0.3 is 5.97 Å². The summed E-state index contributed by atoms with van der Waals surface area (Å²) in [4.78, 5) is 11.2. The summed E-state index contributed by atoms with van der Waals surface area (Å²) in [5.41, 5.74) is 1.33. The number of hydrogen-bond donors (Lipinski definition) is 2. The highest BCUT2D eigenvalue weighted by atomic mass is 35.5. The molecule has 0 radical (unpaired) electrons. The molecule has 0 amide bonds. The summed E-state index contributed by atoms with van der Waals surface area (Å²) in [5.74, 6) is -0.757. The summed E-state index contributed by atoms with van der Waals surface area (Å²) in [6.45, 7) is 2.49. The summed E-state index contributed by atoms with van der Waals surface area (Å²) in [5, 5.41) is 13.0. The van der Waals surface area contributed by atoms with E-state index in [1.807, 2.05) is 25.1 Å². The van der Waals surface area contributed by atoms with Crippen LogP contribution in [0.2, 0.25) is 5.02 Å². The second-order valence-electron chi connectivity index (χ2n) is 4.69. The number of carboxylic acid groups (broad SMARTS) is 1. The van der Waals surface area contributed by atoms with Crippen molar-refractivity contribution < 1.29 is 9.90 Å². The highest BCUT2D eigenvalue weighted by Crippen LogP contribution is 2.32. The van der Waals surface area contributed by atoms with Crippen molar-refractivity contribution in [3.63, 3.8) is 0 Å². The number of aryl methyl sites for hydroxylation is 1. The Hall–Kier alpha value is -1.06. The van der Waals surface area contributed by atoms with Crippen molar-refractivity contribution in [2.24, 2.45) is 0 Å².